The van der Waals surface area contributed by atoms with Gasteiger partial charge in [0.1, 0.15) is 17.7 Å². The maximum Gasteiger partial charge on any atom is 0.196 e. The monoisotopic (exact) mass is 334 g/mol. The van der Waals surface area contributed by atoms with Crippen molar-refractivity contribution < 1.29 is 9.32 Å². The van der Waals surface area contributed by atoms with E-state index in [-0.39, 0.29) is 0 Å². The summed E-state index contributed by atoms with van der Waals surface area (Å²) in [5.74, 6) is 2.09. The summed E-state index contributed by atoms with van der Waals surface area (Å²) in [6.07, 6.45) is 1.74. The van der Waals surface area contributed by atoms with Gasteiger partial charge in [-0.15, -0.1) is 0 Å². The minimum Gasteiger partial charge on any atom is -0.441 e. The van der Waals surface area contributed by atoms with Crippen LogP contribution in [-0.2, 0) is 0 Å². The first kappa shape index (κ1) is 15.5. The van der Waals surface area contributed by atoms with Gasteiger partial charge < -0.3 is 19.2 Å². The summed E-state index contributed by atoms with van der Waals surface area (Å²) in [7, 11) is 2.21. The quantitative estimate of drug-likeness (QED) is 0.713. The van der Waals surface area contributed by atoms with Gasteiger partial charge in [-0.3, -0.25) is 0 Å². The Hall–Kier alpha value is -3.04. The van der Waals surface area contributed by atoms with E-state index in [2.05, 4.69) is 28.0 Å². The van der Waals surface area contributed by atoms with Gasteiger partial charge in [0, 0.05) is 12.1 Å². The van der Waals surface area contributed by atoms with Crippen molar-refractivity contribution in [3.8, 4) is 6.07 Å². The molecule has 6 nitrogen and oxygen atoms in total. The Morgan fingerprint density at radius 3 is 2.84 bits per heavy atom. The average molecular weight is 334 g/mol. The fourth-order valence-electron chi connectivity index (χ4n) is 3.07. The van der Waals surface area contributed by atoms with Crippen molar-refractivity contribution in [3.05, 3.63) is 48.0 Å². The first-order chi connectivity index (χ1) is 12.2. The van der Waals surface area contributed by atoms with Gasteiger partial charge in [0.05, 0.1) is 49.8 Å². The van der Waals surface area contributed by atoms with E-state index in [0.29, 0.717) is 17.2 Å². The molecule has 0 unspecified atom stereocenters. The van der Waals surface area contributed by atoms with E-state index in [1.165, 1.54) is 0 Å². The van der Waals surface area contributed by atoms with Crippen LogP contribution in [0.4, 0.5) is 5.88 Å². The van der Waals surface area contributed by atoms with Crippen molar-refractivity contribution in [1.82, 2.24) is 9.97 Å². The zero-order chi connectivity index (χ0) is 17.2. The molecule has 0 bridgehead atoms. The maximum atomic E-state index is 9.52. The van der Waals surface area contributed by atoms with E-state index in [9.17, 15) is 5.26 Å². The predicted molar refractivity (Wildman–Crippen MR) is 97.1 cm³/mol. The number of imidazole rings is 1. The predicted octanol–water partition coefficient (Wildman–Crippen LogP) is 1.55. The molecule has 0 aliphatic carbocycles. The molecular formula is C19H20N5O+. The molecule has 0 radical (unpaired) electrons. The number of quaternary nitrogens is 1. The summed E-state index contributed by atoms with van der Waals surface area (Å²) >= 11 is 0. The van der Waals surface area contributed by atoms with E-state index in [0.717, 1.165) is 43.1 Å². The number of rotatable bonds is 3. The highest BCUT2D eigenvalue weighted by Gasteiger charge is 2.19. The van der Waals surface area contributed by atoms with Gasteiger partial charge in [-0.25, -0.2) is 4.98 Å². The standard InChI is InChI=1S/C19H19N5O/c1-23-8-10-24(11-9-23)18-7-6-15(25-18)12-14(13-20)19-21-16-4-2-3-5-17(16)22-19/h2-7,12H,8-11H2,1H3,(H,21,22)/p+1/b14-12-. The Balaban J connectivity index is 1.59. The molecule has 0 atom stereocenters. The van der Waals surface area contributed by atoms with Crippen LogP contribution >= 0.6 is 0 Å². The molecule has 1 aliphatic rings. The van der Waals surface area contributed by atoms with Crippen LogP contribution in [0.5, 0.6) is 0 Å². The fraction of sp³-hybridized carbons (Fsp3) is 0.263. The van der Waals surface area contributed by atoms with Crippen LogP contribution in [-0.4, -0.2) is 43.2 Å². The summed E-state index contributed by atoms with van der Waals surface area (Å²) < 4.78 is 5.93. The number of para-hydroxylation sites is 2. The summed E-state index contributed by atoms with van der Waals surface area (Å²) in [6.45, 7) is 4.18. The number of nitrogens with zero attached hydrogens (tertiary/aromatic N) is 3. The minimum atomic E-state index is 0.458. The number of aromatic nitrogens is 2. The van der Waals surface area contributed by atoms with E-state index in [1.807, 2.05) is 36.4 Å². The number of furan rings is 1. The smallest absolute Gasteiger partial charge is 0.196 e. The molecule has 0 amide bonds. The highest BCUT2D eigenvalue weighted by atomic mass is 16.4. The molecular weight excluding hydrogens is 314 g/mol. The fourth-order valence-corrected chi connectivity index (χ4v) is 3.07. The first-order valence-electron chi connectivity index (χ1n) is 8.46. The third-order valence-corrected chi connectivity index (χ3v) is 4.59. The number of fused-ring (bicyclic) bond motifs is 1. The normalized spacial score (nSPS) is 16.3. The van der Waals surface area contributed by atoms with Crippen LogP contribution in [0.3, 0.4) is 0 Å². The van der Waals surface area contributed by atoms with Crippen molar-refractivity contribution in [3.63, 3.8) is 0 Å². The van der Waals surface area contributed by atoms with Gasteiger partial charge in [-0.05, 0) is 18.2 Å². The van der Waals surface area contributed by atoms with Crippen molar-refractivity contribution in [2.45, 2.75) is 0 Å². The SMILES string of the molecule is C[NH+]1CCN(c2ccc(/C=C(/C#N)c3nc4ccccc4[nH]3)o2)CC1. The molecule has 3 heterocycles. The Kier molecular flexibility index (Phi) is 4.00. The summed E-state index contributed by atoms with van der Waals surface area (Å²) in [5.41, 5.74) is 2.22. The van der Waals surface area contributed by atoms with Crippen molar-refractivity contribution >= 4 is 28.6 Å². The third kappa shape index (κ3) is 3.14. The highest BCUT2D eigenvalue weighted by molar-refractivity contribution is 5.89. The van der Waals surface area contributed by atoms with Crippen molar-refractivity contribution in [2.24, 2.45) is 0 Å². The second kappa shape index (κ2) is 6.46. The number of nitriles is 1. The number of allylic oxidation sites excluding steroid dienone is 1. The molecule has 0 saturated carbocycles. The highest BCUT2D eigenvalue weighted by Crippen LogP contribution is 2.23. The molecule has 1 saturated heterocycles. The van der Waals surface area contributed by atoms with Crippen LogP contribution in [0.2, 0.25) is 0 Å². The van der Waals surface area contributed by atoms with E-state index >= 15 is 0 Å². The maximum absolute atomic E-state index is 9.52. The van der Waals surface area contributed by atoms with Crippen molar-refractivity contribution in [2.75, 3.05) is 38.1 Å². The van der Waals surface area contributed by atoms with Crippen LogP contribution in [0.1, 0.15) is 11.6 Å². The van der Waals surface area contributed by atoms with E-state index in [1.54, 1.807) is 11.0 Å². The van der Waals surface area contributed by atoms with E-state index in [4.69, 9.17) is 4.42 Å². The number of hydrogen-bond donors (Lipinski definition) is 2. The number of anilines is 1. The molecule has 1 aromatic carbocycles. The Bertz CT molecular complexity index is 921. The molecule has 126 valence electrons. The molecule has 0 spiro atoms. The van der Waals surface area contributed by atoms with Gasteiger partial charge in [-0.2, -0.15) is 5.26 Å². The Morgan fingerprint density at radius 2 is 2.08 bits per heavy atom. The topological polar surface area (TPSA) is 73.3 Å². The third-order valence-electron chi connectivity index (χ3n) is 4.59. The summed E-state index contributed by atoms with van der Waals surface area (Å²) in [6, 6.07) is 13.8. The molecule has 1 aliphatic heterocycles. The van der Waals surface area contributed by atoms with Crippen molar-refractivity contribution in [1.29, 1.82) is 5.26 Å². The van der Waals surface area contributed by atoms with Crippen LogP contribution < -0.4 is 9.80 Å². The number of H-pyrrole nitrogens is 1. The Labute approximate surface area is 146 Å². The lowest BCUT2D eigenvalue weighted by molar-refractivity contribution is -0.880. The Morgan fingerprint density at radius 1 is 1.28 bits per heavy atom. The van der Waals surface area contributed by atoms with Crippen LogP contribution in [0, 0.1) is 11.3 Å². The second-order valence-corrected chi connectivity index (χ2v) is 6.39. The lowest BCUT2D eigenvalue weighted by Crippen LogP contribution is -3.12. The number of likely N-dealkylation sites (N-methyl/N-ethyl adjacent to an activating group) is 1. The minimum absolute atomic E-state index is 0.458. The zero-order valence-corrected chi connectivity index (χ0v) is 14.1. The number of benzene rings is 1. The van der Waals surface area contributed by atoms with E-state index < -0.39 is 0 Å². The van der Waals surface area contributed by atoms with Gasteiger partial charge in [0.2, 0.25) is 0 Å². The van der Waals surface area contributed by atoms with Gasteiger partial charge >= 0.3 is 0 Å². The average Bonchev–Trinajstić information content (AvgIpc) is 3.27. The number of nitrogens with one attached hydrogen (secondary N) is 2. The first-order valence-corrected chi connectivity index (χ1v) is 8.46. The lowest BCUT2D eigenvalue weighted by atomic mass is 10.2. The summed E-state index contributed by atoms with van der Waals surface area (Å²) in [5, 5.41) is 9.52. The van der Waals surface area contributed by atoms with Crippen LogP contribution in [0.25, 0.3) is 22.7 Å². The van der Waals surface area contributed by atoms with Crippen LogP contribution in [0.15, 0.2) is 40.8 Å². The lowest BCUT2D eigenvalue weighted by Gasteiger charge is -2.29. The molecule has 1 fully saturated rings. The molecule has 2 N–H and O–H groups in total. The number of aromatic amines is 1. The molecule has 2 aromatic heterocycles. The number of hydrogen-bond acceptors (Lipinski definition) is 4. The molecule has 3 aromatic rings. The van der Waals surface area contributed by atoms with Gasteiger partial charge in [0.15, 0.2) is 5.88 Å². The largest absolute Gasteiger partial charge is 0.441 e. The molecule has 25 heavy (non-hydrogen) atoms. The number of piperazine rings is 1. The zero-order valence-electron chi connectivity index (χ0n) is 14.1. The molecule has 6 heteroatoms. The van der Waals surface area contributed by atoms with Gasteiger partial charge in [-0.1, -0.05) is 12.1 Å². The molecule has 4 rings (SSSR count). The summed E-state index contributed by atoms with van der Waals surface area (Å²) in [4.78, 5) is 11.5. The second-order valence-electron chi connectivity index (χ2n) is 6.39. The van der Waals surface area contributed by atoms with Gasteiger partial charge in [0.25, 0.3) is 0 Å².